The first-order valence-electron chi connectivity index (χ1n) is 7.68. The highest BCUT2D eigenvalue weighted by Crippen LogP contribution is 2.18. The van der Waals surface area contributed by atoms with Crippen LogP contribution < -0.4 is 15.8 Å². The van der Waals surface area contributed by atoms with E-state index in [1.807, 2.05) is 25.1 Å². The molecule has 0 bridgehead atoms. The first-order chi connectivity index (χ1) is 11.2. The summed E-state index contributed by atoms with van der Waals surface area (Å²) in [5.41, 5.74) is 7.81. The van der Waals surface area contributed by atoms with Crippen LogP contribution in [0.4, 0.5) is 4.39 Å². The molecule has 3 N–H and O–H groups in total. The number of hydrogen-bond acceptors (Lipinski definition) is 2. The molecule has 4 nitrogen and oxygen atoms in total. The molecular formula is C18H22FN3O. The van der Waals surface area contributed by atoms with Gasteiger partial charge in [-0.3, -0.25) is 0 Å². The Morgan fingerprint density at radius 2 is 1.96 bits per heavy atom. The van der Waals surface area contributed by atoms with E-state index >= 15 is 0 Å². The molecule has 0 saturated heterocycles. The molecule has 0 heterocycles. The van der Waals surface area contributed by atoms with Crippen LogP contribution in [0.5, 0.6) is 5.75 Å². The minimum Gasteiger partial charge on any atom is -0.491 e. The van der Waals surface area contributed by atoms with Crippen LogP contribution in [0.15, 0.2) is 53.5 Å². The van der Waals surface area contributed by atoms with Crippen molar-refractivity contribution in [3.63, 3.8) is 0 Å². The summed E-state index contributed by atoms with van der Waals surface area (Å²) in [5, 5.41) is 3.06. The lowest BCUT2D eigenvalue weighted by molar-refractivity contribution is 0.321. The highest BCUT2D eigenvalue weighted by Gasteiger charge is 2.04. The Morgan fingerprint density at radius 3 is 2.65 bits per heavy atom. The Bertz CT molecular complexity index is 644. The molecule has 5 heteroatoms. The molecule has 2 aromatic carbocycles. The number of benzene rings is 2. The fourth-order valence-electron chi connectivity index (χ4n) is 2.13. The van der Waals surface area contributed by atoms with Crippen molar-refractivity contribution in [1.29, 1.82) is 0 Å². The molecule has 0 aliphatic heterocycles. The molecule has 0 aromatic heterocycles. The zero-order valence-corrected chi connectivity index (χ0v) is 13.3. The van der Waals surface area contributed by atoms with Gasteiger partial charge in [-0.15, -0.1) is 0 Å². The average Bonchev–Trinajstić information content (AvgIpc) is 2.56. The topological polar surface area (TPSA) is 59.6 Å². The predicted octanol–water partition coefficient (Wildman–Crippen LogP) is 2.87. The van der Waals surface area contributed by atoms with E-state index in [-0.39, 0.29) is 11.6 Å². The van der Waals surface area contributed by atoms with Crippen molar-refractivity contribution in [2.75, 3.05) is 13.2 Å². The van der Waals surface area contributed by atoms with Crippen molar-refractivity contribution < 1.29 is 9.13 Å². The van der Waals surface area contributed by atoms with Gasteiger partial charge in [0.05, 0.1) is 13.2 Å². The first-order valence-corrected chi connectivity index (χ1v) is 7.68. The molecular weight excluding hydrogens is 293 g/mol. The highest BCUT2D eigenvalue weighted by molar-refractivity contribution is 5.77. The number of halogens is 1. The third kappa shape index (κ3) is 5.62. The molecule has 2 aromatic rings. The number of nitrogens with zero attached hydrogens (tertiary/aromatic N) is 1. The minimum atomic E-state index is -0.379. The molecule has 2 rings (SSSR count). The second kappa shape index (κ2) is 8.78. The molecule has 0 saturated carbocycles. The van der Waals surface area contributed by atoms with Gasteiger partial charge in [-0.1, -0.05) is 36.4 Å². The molecule has 0 aliphatic rings. The van der Waals surface area contributed by atoms with Gasteiger partial charge in [0.25, 0.3) is 0 Å². The van der Waals surface area contributed by atoms with Crippen LogP contribution in [0.1, 0.15) is 18.1 Å². The Kier molecular flexibility index (Phi) is 6.41. The Labute approximate surface area is 136 Å². The summed E-state index contributed by atoms with van der Waals surface area (Å²) >= 11 is 0. The molecule has 122 valence electrons. The Hall–Kier alpha value is -2.56. The summed E-state index contributed by atoms with van der Waals surface area (Å²) < 4.78 is 18.9. The number of guanidine groups is 1. The lowest BCUT2D eigenvalue weighted by Gasteiger charge is -2.07. The molecule has 0 aliphatic carbocycles. The van der Waals surface area contributed by atoms with Crippen molar-refractivity contribution in [1.82, 2.24) is 5.32 Å². The number of nitrogens with one attached hydrogen (secondary N) is 1. The van der Waals surface area contributed by atoms with Crippen LogP contribution in [-0.4, -0.2) is 19.1 Å². The molecule has 23 heavy (non-hydrogen) atoms. The van der Waals surface area contributed by atoms with E-state index in [9.17, 15) is 4.39 Å². The second-order valence-electron chi connectivity index (χ2n) is 5.06. The number of hydrogen-bond donors (Lipinski definition) is 2. The predicted molar refractivity (Wildman–Crippen MR) is 91.0 cm³/mol. The maximum atomic E-state index is 13.7. The van der Waals surface area contributed by atoms with Crippen LogP contribution >= 0.6 is 0 Å². The zero-order chi connectivity index (χ0) is 16.5. The maximum absolute atomic E-state index is 13.7. The molecule has 0 atom stereocenters. The normalized spacial score (nSPS) is 11.3. The standard InChI is InChI=1S/C18H22FN3O/c1-2-23-17-9-8-15(12-16(17)19)13-22-18(20)21-11-10-14-6-4-3-5-7-14/h3-9,12H,2,10-11,13H2,1H3,(H3,20,21,22). The Morgan fingerprint density at radius 1 is 1.17 bits per heavy atom. The summed E-state index contributed by atoms with van der Waals surface area (Å²) in [6.45, 7) is 3.29. The third-order valence-corrected chi connectivity index (χ3v) is 3.29. The minimum absolute atomic E-state index is 0.259. The van der Waals surface area contributed by atoms with Crippen molar-refractivity contribution in [3.8, 4) is 5.75 Å². The number of nitrogens with two attached hydrogens (primary N) is 1. The fourth-order valence-corrected chi connectivity index (χ4v) is 2.13. The van der Waals surface area contributed by atoms with E-state index in [1.165, 1.54) is 11.6 Å². The van der Waals surface area contributed by atoms with Crippen LogP contribution in [0.2, 0.25) is 0 Å². The zero-order valence-electron chi connectivity index (χ0n) is 13.3. The van der Waals surface area contributed by atoms with Crippen LogP contribution in [0, 0.1) is 5.82 Å². The van der Waals surface area contributed by atoms with Gasteiger partial charge < -0.3 is 15.8 Å². The number of aliphatic imine (C=N–C) groups is 1. The van der Waals surface area contributed by atoms with Crippen LogP contribution in [0.25, 0.3) is 0 Å². The van der Waals surface area contributed by atoms with Gasteiger partial charge in [-0.2, -0.15) is 0 Å². The molecule has 0 spiro atoms. The van der Waals surface area contributed by atoms with E-state index in [2.05, 4.69) is 22.4 Å². The van der Waals surface area contributed by atoms with Gasteiger partial charge in [0.1, 0.15) is 0 Å². The van der Waals surface area contributed by atoms with Crippen molar-refractivity contribution >= 4 is 5.96 Å². The van der Waals surface area contributed by atoms with E-state index in [0.717, 1.165) is 12.0 Å². The maximum Gasteiger partial charge on any atom is 0.188 e. The summed E-state index contributed by atoms with van der Waals surface area (Å²) in [6, 6.07) is 15.0. The quantitative estimate of drug-likeness (QED) is 0.610. The highest BCUT2D eigenvalue weighted by atomic mass is 19.1. The third-order valence-electron chi connectivity index (χ3n) is 3.29. The van der Waals surface area contributed by atoms with Gasteiger partial charge in [0.2, 0.25) is 0 Å². The van der Waals surface area contributed by atoms with Crippen LogP contribution in [0.3, 0.4) is 0 Å². The van der Waals surface area contributed by atoms with Crippen LogP contribution in [-0.2, 0) is 13.0 Å². The van der Waals surface area contributed by atoms with Gasteiger partial charge in [0.15, 0.2) is 17.5 Å². The molecule has 0 unspecified atom stereocenters. The molecule has 0 amide bonds. The SMILES string of the molecule is CCOc1ccc(CN=C(N)NCCc2ccccc2)cc1F. The van der Waals surface area contributed by atoms with Crippen molar-refractivity contribution in [2.45, 2.75) is 19.9 Å². The van der Waals surface area contributed by atoms with E-state index < -0.39 is 0 Å². The summed E-state index contributed by atoms with van der Waals surface area (Å²) in [7, 11) is 0. The number of ether oxygens (including phenoxy) is 1. The lowest BCUT2D eigenvalue weighted by atomic mass is 10.1. The van der Waals surface area contributed by atoms with E-state index in [4.69, 9.17) is 10.5 Å². The average molecular weight is 315 g/mol. The monoisotopic (exact) mass is 315 g/mol. The summed E-state index contributed by atoms with van der Waals surface area (Å²) in [5.74, 6) is 0.236. The van der Waals surface area contributed by atoms with Gasteiger partial charge in [-0.25, -0.2) is 9.38 Å². The van der Waals surface area contributed by atoms with Gasteiger partial charge >= 0.3 is 0 Å². The molecule has 0 fully saturated rings. The van der Waals surface area contributed by atoms with E-state index in [0.29, 0.717) is 25.7 Å². The van der Waals surface area contributed by atoms with Gasteiger partial charge in [-0.05, 0) is 36.6 Å². The number of rotatable bonds is 7. The summed E-state index contributed by atoms with van der Waals surface area (Å²) in [6.07, 6.45) is 0.870. The second-order valence-corrected chi connectivity index (χ2v) is 5.06. The summed E-state index contributed by atoms with van der Waals surface area (Å²) in [4.78, 5) is 4.22. The Balaban J connectivity index is 1.81. The first kappa shape index (κ1) is 16.8. The fraction of sp³-hybridized carbons (Fsp3) is 0.278. The lowest BCUT2D eigenvalue weighted by Crippen LogP contribution is -2.33. The largest absolute Gasteiger partial charge is 0.491 e. The van der Waals surface area contributed by atoms with Crippen molar-refractivity contribution in [3.05, 3.63) is 65.5 Å². The van der Waals surface area contributed by atoms with E-state index in [1.54, 1.807) is 12.1 Å². The molecule has 0 radical (unpaired) electrons. The van der Waals surface area contributed by atoms with Gasteiger partial charge in [0, 0.05) is 6.54 Å². The van der Waals surface area contributed by atoms with Crippen molar-refractivity contribution in [2.24, 2.45) is 10.7 Å². The smallest absolute Gasteiger partial charge is 0.188 e.